The molecule has 3 fully saturated rings. The van der Waals surface area contributed by atoms with Crippen molar-refractivity contribution in [3.05, 3.63) is 39.9 Å². The van der Waals surface area contributed by atoms with Crippen LogP contribution in [0.3, 0.4) is 0 Å². The van der Waals surface area contributed by atoms with E-state index in [1.807, 2.05) is 9.47 Å². The fraction of sp³-hybridized carbons (Fsp3) is 0.565. The number of halogens is 1. The van der Waals surface area contributed by atoms with E-state index in [4.69, 9.17) is 0 Å². The van der Waals surface area contributed by atoms with E-state index in [9.17, 15) is 19.1 Å². The summed E-state index contributed by atoms with van der Waals surface area (Å²) in [5, 5.41) is 13.0. The average Bonchev–Trinajstić information content (AvgIpc) is 3.52. The molecule has 5 unspecified atom stereocenters. The van der Waals surface area contributed by atoms with E-state index in [-0.39, 0.29) is 17.0 Å². The van der Waals surface area contributed by atoms with Crippen LogP contribution in [0.2, 0.25) is 0 Å². The summed E-state index contributed by atoms with van der Waals surface area (Å²) in [4.78, 5) is 26.5. The number of pyridine rings is 1. The lowest BCUT2D eigenvalue weighted by Gasteiger charge is -2.41. The Balaban J connectivity index is 1.61. The van der Waals surface area contributed by atoms with Crippen LogP contribution in [0.15, 0.2) is 23.1 Å². The molecule has 5 rings (SSSR count). The van der Waals surface area contributed by atoms with Gasteiger partial charge in [-0.15, -0.1) is 0 Å². The smallest absolute Gasteiger partial charge is 0.341 e. The summed E-state index contributed by atoms with van der Waals surface area (Å²) in [7, 11) is 0. The van der Waals surface area contributed by atoms with Gasteiger partial charge in [0.2, 0.25) is 5.43 Å². The Hall–Kier alpha value is -2.41. The minimum absolute atomic E-state index is 0.159. The minimum atomic E-state index is -1.26. The van der Waals surface area contributed by atoms with Gasteiger partial charge in [-0.25, -0.2) is 9.18 Å². The van der Waals surface area contributed by atoms with Gasteiger partial charge in [0.25, 0.3) is 0 Å². The van der Waals surface area contributed by atoms with Crippen molar-refractivity contribution in [3.63, 3.8) is 0 Å². The molecule has 2 aliphatic carbocycles. The fourth-order valence-electron chi connectivity index (χ4n) is 5.56. The Labute approximate surface area is 174 Å². The first kappa shape index (κ1) is 19.5. The molecule has 6 nitrogen and oxygen atoms in total. The van der Waals surface area contributed by atoms with E-state index in [0.717, 1.165) is 25.4 Å². The van der Waals surface area contributed by atoms with Gasteiger partial charge in [-0.05, 0) is 48.6 Å². The summed E-state index contributed by atoms with van der Waals surface area (Å²) in [5.41, 5.74) is 0.246. The molecule has 1 aromatic heterocycles. The van der Waals surface area contributed by atoms with E-state index in [1.54, 1.807) is 6.07 Å². The first-order valence-electron chi connectivity index (χ1n) is 10.9. The minimum Gasteiger partial charge on any atom is -0.477 e. The summed E-state index contributed by atoms with van der Waals surface area (Å²) < 4.78 is 16.9. The molecule has 2 saturated carbocycles. The molecule has 3 aliphatic rings. The molecule has 2 heterocycles. The second-order valence-corrected chi connectivity index (χ2v) is 9.35. The molecule has 2 aromatic rings. The quantitative estimate of drug-likeness (QED) is 0.806. The fourth-order valence-corrected chi connectivity index (χ4v) is 5.56. The van der Waals surface area contributed by atoms with E-state index >= 15 is 0 Å². The number of aromatic nitrogens is 1. The Morgan fingerprint density at radius 1 is 1.17 bits per heavy atom. The van der Waals surface area contributed by atoms with Crippen molar-refractivity contribution in [1.82, 2.24) is 9.88 Å². The number of benzene rings is 1. The third-order valence-electron chi connectivity index (χ3n) is 7.72. The molecule has 30 heavy (non-hydrogen) atoms. The molecule has 1 aromatic carbocycles. The zero-order valence-corrected chi connectivity index (χ0v) is 17.4. The van der Waals surface area contributed by atoms with Crippen LogP contribution in [0, 0.1) is 29.5 Å². The summed E-state index contributed by atoms with van der Waals surface area (Å²) >= 11 is 0. The van der Waals surface area contributed by atoms with Crippen molar-refractivity contribution < 1.29 is 14.3 Å². The Morgan fingerprint density at radius 3 is 2.53 bits per heavy atom. The van der Waals surface area contributed by atoms with Gasteiger partial charge in [0.1, 0.15) is 11.4 Å². The highest BCUT2D eigenvalue weighted by Gasteiger charge is 2.51. The largest absolute Gasteiger partial charge is 0.477 e. The Morgan fingerprint density at radius 2 is 1.90 bits per heavy atom. The first-order chi connectivity index (χ1) is 14.4. The second-order valence-electron chi connectivity index (χ2n) is 9.35. The zero-order chi connectivity index (χ0) is 21.2. The van der Waals surface area contributed by atoms with Crippen LogP contribution in [-0.4, -0.2) is 41.8 Å². The molecule has 1 aliphatic heterocycles. The third kappa shape index (κ3) is 3.02. The van der Waals surface area contributed by atoms with Crippen LogP contribution >= 0.6 is 0 Å². The zero-order valence-electron chi connectivity index (χ0n) is 17.4. The molecule has 7 heteroatoms. The number of piperazine rings is 1. The van der Waals surface area contributed by atoms with Crippen LogP contribution in [0.1, 0.15) is 43.1 Å². The maximum absolute atomic E-state index is 15.0. The van der Waals surface area contributed by atoms with E-state index in [2.05, 4.69) is 19.2 Å². The standard InChI is InChI=1S/C23H28FN3O3/c1-12-7-14(13(12)2)15-9-19(15)27-11-17(23(29)30)22(28)16-8-18(24)21(10-20(16)27)26-5-3-25-4-6-26/h8,10-15,19,25H,3-7,9H2,1-2H3,(H,29,30). The molecule has 160 valence electrons. The monoisotopic (exact) mass is 413 g/mol. The molecule has 2 N–H and O–H groups in total. The number of hydrogen-bond donors (Lipinski definition) is 2. The van der Waals surface area contributed by atoms with Gasteiger partial charge in [0.05, 0.1) is 11.2 Å². The van der Waals surface area contributed by atoms with Crippen LogP contribution in [-0.2, 0) is 0 Å². The number of carboxylic acid groups (broad SMARTS) is 1. The number of hydrogen-bond acceptors (Lipinski definition) is 4. The number of nitrogens with zero attached hydrogens (tertiary/aromatic N) is 2. The lowest BCUT2D eigenvalue weighted by atomic mass is 9.64. The second kappa shape index (κ2) is 7.08. The van der Waals surface area contributed by atoms with Crippen LogP contribution in [0.5, 0.6) is 0 Å². The number of rotatable bonds is 4. The van der Waals surface area contributed by atoms with Crippen molar-refractivity contribution in [3.8, 4) is 0 Å². The maximum Gasteiger partial charge on any atom is 0.341 e. The van der Waals surface area contributed by atoms with Crippen molar-refractivity contribution in [2.24, 2.45) is 23.7 Å². The van der Waals surface area contributed by atoms with Gasteiger partial charge in [0.15, 0.2) is 0 Å². The Bertz CT molecular complexity index is 1080. The predicted molar refractivity (Wildman–Crippen MR) is 114 cm³/mol. The van der Waals surface area contributed by atoms with Crippen LogP contribution in [0.4, 0.5) is 10.1 Å². The van der Waals surface area contributed by atoms with Crippen molar-refractivity contribution >= 4 is 22.6 Å². The van der Waals surface area contributed by atoms with Crippen molar-refractivity contribution in [2.45, 2.75) is 32.7 Å². The highest BCUT2D eigenvalue weighted by Crippen LogP contribution is 2.58. The molecule has 1 saturated heterocycles. The van der Waals surface area contributed by atoms with Crippen LogP contribution in [0.25, 0.3) is 10.9 Å². The third-order valence-corrected chi connectivity index (χ3v) is 7.72. The van der Waals surface area contributed by atoms with E-state index in [1.165, 1.54) is 18.7 Å². The molecule has 0 amide bonds. The highest BCUT2D eigenvalue weighted by molar-refractivity contribution is 5.93. The number of anilines is 1. The van der Waals surface area contributed by atoms with E-state index in [0.29, 0.717) is 42.0 Å². The molecular formula is C23H28FN3O3. The maximum atomic E-state index is 15.0. The highest BCUT2D eigenvalue weighted by atomic mass is 19.1. The van der Waals surface area contributed by atoms with E-state index < -0.39 is 17.2 Å². The summed E-state index contributed by atoms with van der Waals surface area (Å²) in [6.45, 7) is 7.53. The molecule has 0 spiro atoms. The topological polar surface area (TPSA) is 74.6 Å². The first-order valence-corrected chi connectivity index (χ1v) is 10.9. The number of aromatic carboxylic acids is 1. The lowest BCUT2D eigenvalue weighted by Crippen LogP contribution is -2.43. The van der Waals surface area contributed by atoms with Gasteiger partial charge < -0.3 is 19.9 Å². The Kier molecular flexibility index (Phi) is 4.61. The number of nitrogens with one attached hydrogen (secondary N) is 1. The molecule has 5 atom stereocenters. The summed E-state index contributed by atoms with van der Waals surface area (Å²) in [5.74, 6) is 0.801. The van der Waals surface area contributed by atoms with Gasteiger partial charge in [-0.3, -0.25) is 4.79 Å². The normalized spacial score (nSPS) is 30.9. The van der Waals surface area contributed by atoms with Gasteiger partial charge >= 0.3 is 5.97 Å². The SMILES string of the molecule is CC1CC(C2CC2n2cc(C(=O)O)c(=O)c3cc(F)c(N4CCNCC4)cc32)C1C. The van der Waals surface area contributed by atoms with Gasteiger partial charge in [0, 0.05) is 43.8 Å². The number of carboxylic acids is 1. The number of carbonyl (C=O) groups is 1. The van der Waals surface area contributed by atoms with Gasteiger partial charge in [-0.2, -0.15) is 0 Å². The van der Waals surface area contributed by atoms with Crippen LogP contribution < -0.4 is 15.6 Å². The average molecular weight is 413 g/mol. The molecule has 0 bridgehead atoms. The lowest BCUT2D eigenvalue weighted by molar-refractivity contribution is 0.0694. The molecule has 0 radical (unpaired) electrons. The van der Waals surface area contributed by atoms with Crippen molar-refractivity contribution in [2.75, 3.05) is 31.1 Å². The summed E-state index contributed by atoms with van der Waals surface area (Å²) in [6, 6.07) is 3.17. The predicted octanol–water partition coefficient (Wildman–Crippen LogP) is 3.10. The molecular weight excluding hydrogens is 385 g/mol. The number of fused-ring (bicyclic) bond motifs is 1. The summed E-state index contributed by atoms with van der Waals surface area (Å²) in [6.07, 6.45) is 3.68. The van der Waals surface area contributed by atoms with Gasteiger partial charge in [-0.1, -0.05) is 13.8 Å². The van der Waals surface area contributed by atoms with Crippen molar-refractivity contribution in [1.29, 1.82) is 0 Å².